The van der Waals surface area contributed by atoms with Crippen molar-refractivity contribution >= 4 is 10.9 Å². The Bertz CT molecular complexity index is 1080. The smallest absolute Gasteiger partial charge is 0.116 e. The summed E-state index contributed by atoms with van der Waals surface area (Å²) in [7, 11) is 0. The second kappa shape index (κ2) is 6.24. The number of fused-ring (bicyclic) bond motifs is 9. The molecular weight excluding hydrogens is 386 g/mol. The van der Waals surface area contributed by atoms with E-state index in [4.69, 9.17) is 4.74 Å². The molecule has 31 heavy (non-hydrogen) atoms. The molecule has 3 aliphatic carbocycles. The van der Waals surface area contributed by atoms with Crippen LogP contribution in [-0.4, -0.2) is 39.1 Å². The number of hydrogen-bond acceptors (Lipinski definition) is 3. The van der Waals surface area contributed by atoms with Crippen LogP contribution >= 0.6 is 0 Å². The molecule has 0 saturated heterocycles. The molecule has 2 saturated carbocycles. The Labute approximate surface area is 184 Å². The second-order valence-electron chi connectivity index (χ2n) is 11.6. The maximum Gasteiger partial charge on any atom is 0.116 e. The first kappa shape index (κ1) is 20.0. The van der Waals surface area contributed by atoms with E-state index in [9.17, 15) is 10.2 Å². The highest BCUT2D eigenvalue weighted by atomic mass is 16.5. The summed E-state index contributed by atoms with van der Waals surface area (Å²) in [6.45, 7) is 8.46. The standard InChI is InChI=1S/C27H35NO3/c1-25(2,30)24-21(29)14-18-19-10-9-15-13-17-16-7-5-6-8-20(16)28-23(17)27(15,4)26(19,3)12-11-22(18)31-24/h5-8,14-15,19,21-22,24,28-30H,9-13H2,1-4H3/t15?,19?,21?,22?,24?,26-,27+/m0/s1. The van der Waals surface area contributed by atoms with E-state index < -0.39 is 17.8 Å². The van der Waals surface area contributed by atoms with E-state index in [0.717, 1.165) is 19.3 Å². The summed E-state index contributed by atoms with van der Waals surface area (Å²) < 4.78 is 6.35. The van der Waals surface area contributed by atoms with Crippen LogP contribution in [0, 0.1) is 17.3 Å². The highest BCUT2D eigenvalue weighted by Gasteiger charge is 2.64. The predicted octanol–water partition coefficient (Wildman–Crippen LogP) is 4.63. The number of rotatable bonds is 1. The fraction of sp³-hybridized carbons (Fsp3) is 0.630. The van der Waals surface area contributed by atoms with Crippen LogP contribution in [0.25, 0.3) is 10.9 Å². The van der Waals surface area contributed by atoms with E-state index in [1.54, 1.807) is 13.8 Å². The summed E-state index contributed by atoms with van der Waals surface area (Å²) in [6, 6.07) is 8.75. The van der Waals surface area contributed by atoms with Crippen LogP contribution in [0.15, 0.2) is 35.9 Å². The van der Waals surface area contributed by atoms with Gasteiger partial charge in [-0.25, -0.2) is 0 Å². The number of aromatic amines is 1. The van der Waals surface area contributed by atoms with Crippen molar-refractivity contribution in [3.8, 4) is 0 Å². The van der Waals surface area contributed by atoms with Crippen molar-refractivity contribution in [2.75, 3.05) is 0 Å². The van der Waals surface area contributed by atoms with E-state index in [0.29, 0.717) is 11.8 Å². The number of aliphatic hydroxyl groups is 2. The molecular formula is C27H35NO3. The van der Waals surface area contributed by atoms with Crippen LogP contribution in [-0.2, 0) is 16.6 Å². The maximum atomic E-state index is 10.9. The fourth-order valence-electron chi connectivity index (χ4n) is 7.99. The molecule has 1 aliphatic heterocycles. The average Bonchev–Trinajstić information content (AvgIpc) is 3.22. The van der Waals surface area contributed by atoms with Gasteiger partial charge >= 0.3 is 0 Å². The molecule has 4 heteroatoms. The lowest BCUT2D eigenvalue weighted by molar-refractivity contribution is -0.171. The molecule has 0 amide bonds. The number of hydrogen-bond donors (Lipinski definition) is 3. The molecule has 0 radical (unpaired) electrons. The largest absolute Gasteiger partial charge is 0.388 e. The first-order valence-electron chi connectivity index (χ1n) is 12.0. The van der Waals surface area contributed by atoms with Gasteiger partial charge in [0.1, 0.15) is 12.2 Å². The van der Waals surface area contributed by atoms with Gasteiger partial charge in [-0.3, -0.25) is 0 Å². The monoisotopic (exact) mass is 421 g/mol. The van der Waals surface area contributed by atoms with Crippen molar-refractivity contribution in [2.24, 2.45) is 17.3 Å². The average molecular weight is 422 g/mol. The van der Waals surface area contributed by atoms with Gasteiger partial charge in [0.05, 0.1) is 11.7 Å². The molecule has 7 atom stereocenters. The third-order valence-corrected chi connectivity index (χ3v) is 9.74. The Hall–Kier alpha value is -1.62. The van der Waals surface area contributed by atoms with Crippen molar-refractivity contribution in [2.45, 2.75) is 89.1 Å². The van der Waals surface area contributed by atoms with E-state index in [2.05, 4.69) is 43.1 Å². The van der Waals surface area contributed by atoms with E-state index in [-0.39, 0.29) is 16.9 Å². The summed E-state index contributed by atoms with van der Waals surface area (Å²) >= 11 is 0. The minimum atomic E-state index is -1.06. The van der Waals surface area contributed by atoms with Crippen molar-refractivity contribution in [1.29, 1.82) is 0 Å². The van der Waals surface area contributed by atoms with Crippen molar-refractivity contribution in [1.82, 2.24) is 4.98 Å². The Kier molecular flexibility index (Phi) is 4.03. The molecule has 2 fully saturated rings. The Morgan fingerprint density at radius 2 is 1.90 bits per heavy atom. The molecule has 0 spiro atoms. The third-order valence-electron chi connectivity index (χ3n) is 9.74. The molecule has 1 aromatic carbocycles. The number of aromatic nitrogens is 1. The Morgan fingerprint density at radius 3 is 2.68 bits per heavy atom. The van der Waals surface area contributed by atoms with Crippen molar-refractivity contribution in [3.05, 3.63) is 47.2 Å². The van der Waals surface area contributed by atoms with E-state index in [1.165, 1.54) is 40.6 Å². The molecule has 6 rings (SSSR count). The van der Waals surface area contributed by atoms with Gasteiger partial charge in [0.25, 0.3) is 0 Å². The van der Waals surface area contributed by atoms with Crippen molar-refractivity contribution in [3.63, 3.8) is 0 Å². The van der Waals surface area contributed by atoms with Crippen LogP contribution in [0.4, 0.5) is 0 Å². The number of benzene rings is 1. The molecule has 1 aromatic heterocycles. The van der Waals surface area contributed by atoms with E-state index in [1.807, 2.05) is 6.08 Å². The quantitative estimate of drug-likeness (QED) is 0.588. The Balaban J connectivity index is 1.45. The van der Waals surface area contributed by atoms with Crippen LogP contribution in [0.2, 0.25) is 0 Å². The topological polar surface area (TPSA) is 65.5 Å². The minimum absolute atomic E-state index is 0.0154. The molecule has 2 heterocycles. The number of ether oxygens (including phenoxy) is 1. The lowest BCUT2D eigenvalue weighted by Gasteiger charge is -2.61. The summed E-state index contributed by atoms with van der Waals surface area (Å²) in [5.74, 6) is 1.07. The summed E-state index contributed by atoms with van der Waals surface area (Å²) in [5, 5.41) is 22.8. The fourth-order valence-corrected chi connectivity index (χ4v) is 7.99. The van der Waals surface area contributed by atoms with Gasteiger partial charge in [0.2, 0.25) is 0 Å². The first-order valence-corrected chi connectivity index (χ1v) is 12.0. The molecule has 166 valence electrons. The molecule has 3 N–H and O–H groups in total. The number of H-pyrrole nitrogens is 1. The zero-order valence-corrected chi connectivity index (χ0v) is 19.1. The summed E-state index contributed by atoms with van der Waals surface area (Å²) in [6.07, 6.45) is 6.33. The van der Waals surface area contributed by atoms with Gasteiger partial charge < -0.3 is 19.9 Å². The van der Waals surface area contributed by atoms with Gasteiger partial charge in [-0.15, -0.1) is 0 Å². The molecule has 2 aromatic rings. The second-order valence-corrected chi connectivity index (χ2v) is 11.6. The zero-order valence-electron chi connectivity index (χ0n) is 19.1. The molecule has 4 nitrogen and oxygen atoms in total. The number of para-hydroxylation sites is 1. The highest BCUT2D eigenvalue weighted by Crippen LogP contribution is 2.67. The third kappa shape index (κ3) is 2.47. The lowest BCUT2D eigenvalue weighted by Crippen LogP contribution is -2.59. The predicted molar refractivity (Wildman–Crippen MR) is 122 cm³/mol. The van der Waals surface area contributed by atoms with Crippen LogP contribution in [0.5, 0.6) is 0 Å². The molecule has 5 unspecified atom stereocenters. The highest BCUT2D eigenvalue weighted by molar-refractivity contribution is 5.86. The van der Waals surface area contributed by atoms with Gasteiger partial charge in [-0.1, -0.05) is 38.1 Å². The van der Waals surface area contributed by atoms with Gasteiger partial charge in [-0.2, -0.15) is 0 Å². The molecule has 0 bridgehead atoms. The molecule has 4 aliphatic rings. The van der Waals surface area contributed by atoms with Gasteiger partial charge in [0.15, 0.2) is 0 Å². The summed E-state index contributed by atoms with van der Waals surface area (Å²) in [4.78, 5) is 3.85. The van der Waals surface area contributed by atoms with E-state index >= 15 is 0 Å². The minimum Gasteiger partial charge on any atom is -0.388 e. The SMILES string of the molecule is CC(C)(O)C1OC2CC[C@@]3(C)C(CCC4Cc5c([nH]c6ccccc56)[C@@]43C)C2=CC1O. The lowest BCUT2D eigenvalue weighted by atomic mass is 9.44. The van der Waals surface area contributed by atoms with Crippen LogP contribution < -0.4 is 0 Å². The maximum absolute atomic E-state index is 10.9. The first-order chi connectivity index (χ1) is 14.6. The van der Waals surface area contributed by atoms with Crippen LogP contribution in [0.3, 0.4) is 0 Å². The number of nitrogens with one attached hydrogen (secondary N) is 1. The number of aliphatic hydroxyl groups excluding tert-OH is 1. The van der Waals surface area contributed by atoms with Gasteiger partial charge in [-0.05, 0) is 80.4 Å². The van der Waals surface area contributed by atoms with Gasteiger partial charge in [0, 0.05) is 22.0 Å². The summed E-state index contributed by atoms with van der Waals surface area (Å²) in [5.41, 5.74) is 4.68. The van der Waals surface area contributed by atoms with Crippen LogP contribution in [0.1, 0.15) is 64.6 Å². The normalized spacial score (nSPS) is 41.9. The van der Waals surface area contributed by atoms with Crippen molar-refractivity contribution < 1.29 is 14.9 Å². The zero-order chi connectivity index (χ0) is 21.8. The Morgan fingerprint density at radius 1 is 1.13 bits per heavy atom.